The van der Waals surface area contributed by atoms with Crippen molar-refractivity contribution in [3.05, 3.63) is 30.6 Å². The lowest BCUT2D eigenvalue weighted by Gasteiger charge is -2.41. The standard InChI is InChI=1S/C15H16N6O4/c1-15(2)14(24)17-10-5-3-4-6-11(10)21(15)12(22)8-25-13(23)7-20-9-16-18-19-20/h3-6,9H,7-8H2,1-2H3,(H,17,24). The van der Waals surface area contributed by atoms with E-state index in [1.165, 1.54) is 15.9 Å². The molecule has 10 heteroatoms. The van der Waals surface area contributed by atoms with E-state index in [1.807, 2.05) is 0 Å². The molecule has 0 saturated heterocycles. The van der Waals surface area contributed by atoms with Gasteiger partial charge in [0.1, 0.15) is 18.4 Å². The maximum absolute atomic E-state index is 12.7. The fourth-order valence-electron chi connectivity index (χ4n) is 2.54. The van der Waals surface area contributed by atoms with Crippen LogP contribution in [0, 0.1) is 0 Å². The first kappa shape index (κ1) is 16.6. The highest BCUT2D eigenvalue weighted by Crippen LogP contribution is 2.36. The van der Waals surface area contributed by atoms with Crippen molar-refractivity contribution in [3.8, 4) is 0 Å². The molecule has 2 heterocycles. The van der Waals surface area contributed by atoms with Crippen molar-refractivity contribution in [1.29, 1.82) is 0 Å². The summed E-state index contributed by atoms with van der Waals surface area (Å²) in [5.74, 6) is -1.48. The van der Waals surface area contributed by atoms with Gasteiger partial charge in [0.25, 0.3) is 5.91 Å². The molecule has 0 radical (unpaired) electrons. The van der Waals surface area contributed by atoms with Crippen LogP contribution in [0.15, 0.2) is 30.6 Å². The van der Waals surface area contributed by atoms with E-state index < -0.39 is 24.0 Å². The van der Waals surface area contributed by atoms with Crippen molar-refractivity contribution in [2.45, 2.75) is 25.9 Å². The first-order chi connectivity index (χ1) is 11.9. The Morgan fingerprint density at radius 3 is 2.76 bits per heavy atom. The molecular weight excluding hydrogens is 328 g/mol. The average molecular weight is 344 g/mol. The molecule has 0 bridgehead atoms. The largest absolute Gasteiger partial charge is 0.454 e. The smallest absolute Gasteiger partial charge is 0.328 e. The highest BCUT2D eigenvalue weighted by Gasteiger charge is 2.43. The number of fused-ring (bicyclic) bond motifs is 1. The van der Waals surface area contributed by atoms with Crippen LogP contribution in [0.2, 0.25) is 0 Å². The van der Waals surface area contributed by atoms with Gasteiger partial charge in [-0.15, -0.1) is 5.10 Å². The third-order valence-corrected chi connectivity index (χ3v) is 3.80. The van der Waals surface area contributed by atoms with Crippen LogP contribution in [-0.4, -0.2) is 50.1 Å². The number of ether oxygens (including phenoxy) is 1. The second kappa shape index (κ2) is 6.30. The monoisotopic (exact) mass is 344 g/mol. The minimum Gasteiger partial charge on any atom is -0.454 e. The number of rotatable bonds is 4. The molecular formula is C15H16N6O4. The van der Waals surface area contributed by atoms with Crippen molar-refractivity contribution < 1.29 is 19.1 Å². The number of hydrogen-bond donors (Lipinski definition) is 1. The summed E-state index contributed by atoms with van der Waals surface area (Å²) in [6, 6.07) is 6.94. The molecule has 0 unspecified atom stereocenters. The SMILES string of the molecule is CC1(C)C(=O)Nc2ccccc2N1C(=O)COC(=O)Cn1cnnn1. The molecule has 1 aromatic carbocycles. The molecule has 0 atom stereocenters. The van der Waals surface area contributed by atoms with E-state index in [1.54, 1.807) is 38.1 Å². The van der Waals surface area contributed by atoms with Crippen molar-refractivity contribution in [2.24, 2.45) is 0 Å². The second-order valence-corrected chi connectivity index (χ2v) is 5.93. The van der Waals surface area contributed by atoms with Crippen LogP contribution in [0.5, 0.6) is 0 Å². The molecule has 2 aromatic rings. The van der Waals surface area contributed by atoms with Crippen LogP contribution in [0.4, 0.5) is 11.4 Å². The van der Waals surface area contributed by atoms with Crippen LogP contribution in [0.3, 0.4) is 0 Å². The zero-order chi connectivity index (χ0) is 18.0. The minimum atomic E-state index is -1.12. The number of hydrogen-bond acceptors (Lipinski definition) is 7. The van der Waals surface area contributed by atoms with Crippen LogP contribution in [0.1, 0.15) is 13.8 Å². The first-order valence-electron chi connectivity index (χ1n) is 7.49. The van der Waals surface area contributed by atoms with Gasteiger partial charge in [-0.2, -0.15) is 0 Å². The Balaban J connectivity index is 1.74. The van der Waals surface area contributed by atoms with Crippen molar-refractivity contribution >= 4 is 29.2 Å². The van der Waals surface area contributed by atoms with Crippen LogP contribution in [-0.2, 0) is 25.7 Å². The van der Waals surface area contributed by atoms with Gasteiger partial charge in [-0.3, -0.25) is 19.3 Å². The number of anilines is 2. The second-order valence-electron chi connectivity index (χ2n) is 5.93. The number of esters is 1. The number of carbonyl (C=O) groups excluding carboxylic acids is 3. The molecule has 0 aliphatic carbocycles. The summed E-state index contributed by atoms with van der Waals surface area (Å²) >= 11 is 0. The van der Waals surface area contributed by atoms with Crippen molar-refractivity contribution in [1.82, 2.24) is 20.2 Å². The molecule has 1 aromatic heterocycles. The van der Waals surface area contributed by atoms with Gasteiger partial charge in [-0.1, -0.05) is 12.1 Å². The fourth-order valence-corrected chi connectivity index (χ4v) is 2.54. The molecule has 130 valence electrons. The molecule has 1 N–H and O–H groups in total. The topological polar surface area (TPSA) is 119 Å². The summed E-state index contributed by atoms with van der Waals surface area (Å²) in [5.41, 5.74) is -0.0398. The minimum absolute atomic E-state index is 0.208. The van der Waals surface area contributed by atoms with E-state index in [9.17, 15) is 14.4 Å². The summed E-state index contributed by atoms with van der Waals surface area (Å²) in [6.45, 7) is 2.55. The number of benzene rings is 1. The molecule has 1 aliphatic heterocycles. The Labute approximate surface area is 142 Å². The quantitative estimate of drug-likeness (QED) is 0.774. The van der Waals surface area contributed by atoms with Gasteiger partial charge in [0.05, 0.1) is 11.4 Å². The highest BCUT2D eigenvalue weighted by atomic mass is 16.5. The van der Waals surface area contributed by atoms with Gasteiger partial charge in [0.2, 0.25) is 5.91 Å². The fraction of sp³-hybridized carbons (Fsp3) is 0.333. The third-order valence-electron chi connectivity index (χ3n) is 3.80. The molecule has 25 heavy (non-hydrogen) atoms. The Kier molecular flexibility index (Phi) is 4.17. The predicted molar refractivity (Wildman–Crippen MR) is 85.4 cm³/mol. The number of para-hydroxylation sites is 2. The van der Waals surface area contributed by atoms with E-state index in [0.717, 1.165) is 0 Å². The molecule has 0 fully saturated rings. The van der Waals surface area contributed by atoms with Gasteiger partial charge in [-0.25, -0.2) is 4.68 Å². The zero-order valence-corrected chi connectivity index (χ0v) is 13.7. The molecule has 0 saturated carbocycles. The van der Waals surface area contributed by atoms with Crippen LogP contribution < -0.4 is 10.2 Å². The zero-order valence-electron chi connectivity index (χ0n) is 13.7. The summed E-state index contributed by atoms with van der Waals surface area (Å²) in [6.07, 6.45) is 1.26. The number of nitrogens with zero attached hydrogens (tertiary/aromatic N) is 5. The number of carbonyl (C=O) groups is 3. The Morgan fingerprint density at radius 1 is 1.28 bits per heavy atom. The van der Waals surface area contributed by atoms with Gasteiger partial charge in [0.15, 0.2) is 6.61 Å². The Morgan fingerprint density at radius 2 is 2.04 bits per heavy atom. The van der Waals surface area contributed by atoms with Crippen LogP contribution >= 0.6 is 0 Å². The van der Waals surface area contributed by atoms with Gasteiger partial charge in [-0.05, 0) is 36.4 Å². The van der Waals surface area contributed by atoms with E-state index in [4.69, 9.17) is 4.74 Å². The van der Waals surface area contributed by atoms with Gasteiger partial charge < -0.3 is 10.1 Å². The average Bonchev–Trinajstić information content (AvgIpc) is 3.06. The molecule has 2 amide bonds. The number of aromatic nitrogens is 4. The number of tetrazole rings is 1. The van der Waals surface area contributed by atoms with Gasteiger partial charge >= 0.3 is 5.97 Å². The molecule has 0 spiro atoms. The van der Waals surface area contributed by atoms with E-state index in [-0.39, 0.29) is 12.5 Å². The van der Waals surface area contributed by atoms with Crippen molar-refractivity contribution in [3.63, 3.8) is 0 Å². The first-order valence-corrected chi connectivity index (χ1v) is 7.49. The summed E-state index contributed by atoms with van der Waals surface area (Å²) in [7, 11) is 0. The lowest BCUT2D eigenvalue weighted by Crippen LogP contribution is -2.59. The summed E-state index contributed by atoms with van der Waals surface area (Å²) < 4.78 is 6.18. The van der Waals surface area contributed by atoms with E-state index >= 15 is 0 Å². The number of nitrogens with one attached hydrogen (secondary N) is 1. The normalized spacial score (nSPS) is 15.3. The number of amides is 2. The van der Waals surface area contributed by atoms with E-state index in [2.05, 4.69) is 20.8 Å². The molecule has 3 rings (SSSR count). The lowest BCUT2D eigenvalue weighted by atomic mass is 9.96. The Hall–Kier alpha value is -3.30. The lowest BCUT2D eigenvalue weighted by molar-refractivity contribution is -0.149. The maximum Gasteiger partial charge on any atom is 0.328 e. The maximum atomic E-state index is 12.7. The van der Waals surface area contributed by atoms with Gasteiger partial charge in [0, 0.05) is 0 Å². The van der Waals surface area contributed by atoms with E-state index in [0.29, 0.717) is 11.4 Å². The van der Waals surface area contributed by atoms with Crippen LogP contribution in [0.25, 0.3) is 0 Å². The summed E-state index contributed by atoms with van der Waals surface area (Å²) in [5, 5.41) is 13.1. The van der Waals surface area contributed by atoms with Crippen molar-refractivity contribution in [2.75, 3.05) is 16.8 Å². The highest BCUT2D eigenvalue weighted by molar-refractivity contribution is 6.14. The molecule has 10 nitrogen and oxygen atoms in total. The Bertz CT molecular complexity index is 817. The summed E-state index contributed by atoms with van der Waals surface area (Å²) in [4.78, 5) is 38.1. The third kappa shape index (κ3) is 3.18. The molecule has 1 aliphatic rings. The predicted octanol–water partition coefficient (Wildman–Crippen LogP) is -0.0198.